The summed E-state index contributed by atoms with van der Waals surface area (Å²) in [5, 5.41) is 0. The second kappa shape index (κ2) is 12.8. The number of hydrogen-bond donors (Lipinski definition) is 1. The Balaban J connectivity index is 0. The lowest BCUT2D eigenvalue weighted by molar-refractivity contribution is -0.467. The predicted molar refractivity (Wildman–Crippen MR) is 81.2 cm³/mol. The van der Waals surface area contributed by atoms with Crippen LogP contribution in [0.5, 0.6) is 0 Å². The Labute approximate surface area is 124 Å². The summed E-state index contributed by atoms with van der Waals surface area (Å²) in [6.45, 7) is 6.72. The molecule has 0 aliphatic heterocycles. The number of quaternary nitrogens is 1. The molecule has 0 aromatic rings. The number of hydrogen-bond acceptors (Lipinski definition) is 4. The molecule has 0 aromatic carbocycles. The highest BCUT2D eigenvalue weighted by Gasteiger charge is 2.12. The van der Waals surface area contributed by atoms with Crippen LogP contribution in [0.1, 0.15) is 72.1 Å². The molecule has 5 nitrogen and oxygen atoms in total. The van der Waals surface area contributed by atoms with Gasteiger partial charge in [0.1, 0.15) is 0 Å². The molecule has 0 amide bonds. The van der Waals surface area contributed by atoms with Crippen LogP contribution in [0.4, 0.5) is 0 Å². The van der Waals surface area contributed by atoms with Crippen LogP contribution in [-0.4, -0.2) is 19.8 Å². The Morgan fingerprint density at radius 1 is 1.00 bits per heavy atom. The normalized spacial score (nSPS) is 11.9. The van der Waals surface area contributed by atoms with Gasteiger partial charge in [-0.05, 0) is 20.3 Å². The van der Waals surface area contributed by atoms with Crippen LogP contribution in [0.25, 0.3) is 0 Å². The van der Waals surface area contributed by atoms with E-state index in [1.54, 1.807) is 0 Å². The Hall–Kier alpha value is 0.0700. The van der Waals surface area contributed by atoms with E-state index in [0.717, 1.165) is 14.2 Å². The molecule has 0 saturated carbocycles. The molecule has 3 N–H and O–H groups in total. The molecule has 0 fully saturated rings. The summed E-state index contributed by atoms with van der Waals surface area (Å²) in [7, 11) is -1.83. The van der Waals surface area contributed by atoms with E-state index in [4.69, 9.17) is 0 Å². The first-order valence-corrected chi connectivity index (χ1v) is 8.92. The lowest BCUT2D eigenvalue weighted by Gasteiger charge is -2.16. The molecule has 0 heterocycles. The van der Waals surface area contributed by atoms with Crippen LogP contribution in [0.15, 0.2) is 0 Å². The number of phosphoric ester groups is 1. The summed E-state index contributed by atoms with van der Waals surface area (Å²) in [4.78, 5) is 9.95. The third-order valence-corrected chi connectivity index (χ3v) is 3.80. The first-order chi connectivity index (χ1) is 9.18. The maximum atomic E-state index is 9.95. The van der Waals surface area contributed by atoms with E-state index in [9.17, 15) is 9.46 Å². The quantitative estimate of drug-likeness (QED) is 0.496. The molecule has 0 atom stereocenters. The molecular weight excluding hydrogens is 277 g/mol. The van der Waals surface area contributed by atoms with Crippen LogP contribution < -0.4 is 10.6 Å². The molecule has 124 valence electrons. The molecule has 0 aromatic heterocycles. The number of unbranched alkanes of at least 4 members (excludes halogenated alkanes) is 6. The average molecular weight is 311 g/mol. The fourth-order valence-electron chi connectivity index (χ4n) is 1.64. The molecule has 6 heteroatoms. The summed E-state index contributed by atoms with van der Waals surface area (Å²) in [6.07, 6.45) is 11.1. The molecule has 0 saturated heterocycles. The lowest BCUT2D eigenvalue weighted by Crippen LogP contribution is -2.68. The minimum Gasteiger partial charge on any atom is -0.756 e. The molecule has 0 rings (SSSR count). The molecule has 0 spiro atoms. The fraction of sp³-hybridized carbons (Fsp3) is 1.00. The third kappa shape index (κ3) is 20.4. The smallest absolute Gasteiger partial charge is 0.267 e. The minimum atomic E-state index is -3.90. The van der Waals surface area contributed by atoms with Crippen LogP contribution in [0.2, 0.25) is 0 Å². The van der Waals surface area contributed by atoms with E-state index in [2.05, 4.69) is 35.6 Å². The van der Waals surface area contributed by atoms with Crippen molar-refractivity contribution in [2.75, 3.05) is 14.2 Å². The Bertz CT molecular complexity index is 246. The maximum Gasteiger partial charge on any atom is 0.267 e. The van der Waals surface area contributed by atoms with Crippen LogP contribution in [-0.2, 0) is 13.6 Å². The third-order valence-electron chi connectivity index (χ3n) is 2.90. The Kier molecular flexibility index (Phi) is 14.3. The van der Waals surface area contributed by atoms with Crippen LogP contribution in [0, 0.1) is 0 Å². The highest BCUT2D eigenvalue weighted by Crippen LogP contribution is 2.34. The second-order valence-corrected chi connectivity index (χ2v) is 7.47. The molecule has 0 aliphatic carbocycles. The predicted octanol–water partition coefficient (Wildman–Crippen LogP) is 2.90. The van der Waals surface area contributed by atoms with Crippen molar-refractivity contribution in [3.63, 3.8) is 0 Å². The summed E-state index contributed by atoms with van der Waals surface area (Å²) in [5.74, 6) is 0. The van der Waals surface area contributed by atoms with E-state index in [1.165, 1.54) is 51.4 Å². The minimum absolute atomic E-state index is 0.295. The van der Waals surface area contributed by atoms with Gasteiger partial charge in [-0.1, -0.05) is 45.4 Å². The molecule has 0 radical (unpaired) electrons. The van der Waals surface area contributed by atoms with E-state index in [1.807, 2.05) is 0 Å². The first-order valence-electron chi connectivity index (χ1n) is 7.46. The van der Waals surface area contributed by atoms with Gasteiger partial charge in [0.05, 0.1) is 5.54 Å². The van der Waals surface area contributed by atoms with E-state index < -0.39 is 7.82 Å². The van der Waals surface area contributed by atoms with Gasteiger partial charge in [-0.3, -0.25) is 4.57 Å². The summed E-state index contributed by atoms with van der Waals surface area (Å²) in [6, 6.07) is 0. The van der Waals surface area contributed by atoms with E-state index in [-0.39, 0.29) is 0 Å². The van der Waals surface area contributed by atoms with E-state index in [0.29, 0.717) is 5.54 Å². The zero-order chi connectivity index (χ0) is 16.1. The Morgan fingerprint density at radius 3 is 1.70 bits per heavy atom. The maximum absolute atomic E-state index is 9.95. The van der Waals surface area contributed by atoms with E-state index >= 15 is 0 Å². The highest BCUT2D eigenvalue weighted by molar-refractivity contribution is 7.45. The van der Waals surface area contributed by atoms with Crippen molar-refractivity contribution in [2.45, 2.75) is 77.7 Å². The zero-order valence-electron chi connectivity index (χ0n) is 13.9. The summed E-state index contributed by atoms with van der Waals surface area (Å²) < 4.78 is 17.7. The largest absolute Gasteiger partial charge is 0.756 e. The number of rotatable bonds is 10. The zero-order valence-corrected chi connectivity index (χ0v) is 14.8. The van der Waals surface area contributed by atoms with Gasteiger partial charge in [-0.25, -0.2) is 0 Å². The van der Waals surface area contributed by atoms with Crippen molar-refractivity contribution in [1.82, 2.24) is 0 Å². The van der Waals surface area contributed by atoms with Crippen LogP contribution in [0.3, 0.4) is 0 Å². The van der Waals surface area contributed by atoms with Crippen molar-refractivity contribution in [3.05, 3.63) is 0 Å². The van der Waals surface area contributed by atoms with Gasteiger partial charge in [-0.2, -0.15) is 0 Å². The highest BCUT2D eigenvalue weighted by atomic mass is 31.2. The van der Waals surface area contributed by atoms with Gasteiger partial charge >= 0.3 is 0 Å². The van der Waals surface area contributed by atoms with Crippen LogP contribution >= 0.6 is 7.82 Å². The molecule has 0 bridgehead atoms. The number of phosphoric acid groups is 1. The van der Waals surface area contributed by atoms with Gasteiger partial charge in [0.2, 0.25) is 0 Å². The Morgan fingerprint density at radius 2 is 1.40 bits per heavy atom. The molecule has 20 heavy (non-hydrogen) atoms. The molecule has 0 aliphatic rings. The van der Waals surface area contributed by atoms with Gasteiger partial charge in [-0.15, -0.1) is 0 Å². The van der Waals surface area contributed by atoms with Crippen molar-refractivity contribution >= 4 is 7.82 Å². The van der Waals surface area contributed by atoms with Crippen molar-refractivity contribution in [1.29, 1.82) is 0 Å². The SMILES string of the molecule is CCCCCCCCCC(C)(C)[NH3+].COP(=O)([O-])OC. The fourth-order valence-corrected chi connectivity index (χ4v) is 1.78. The first kappa shape index (κ1) is 22.4. The molecular formula is C14H34NO4P. The van der Waals surface area contributed by atoms with Crippen molar-refractivity contribution in [2.24, 2.45) is 0 Å². The summed E-state index contributed by atoms with van der Waals surface area (Å²) >= 11 is 0. The average Bonchev–Trinajstić information content (AvgIpc) is 2.37. The van der Waals surface area contributed by atoms with Gasteiger partial charge < -0.3 is 19.7 Å². The standard InChI is InChI=1S/C12H27N.C2H7O4P/c1-4-5-6-7-8-9-10-11-12(2,3)13;1-5-7(3,4)6-2/h4-11,13H2,1-3H3;1-2H3,(H,3,4). The monoisotopic (exact) mass is 311 g/mol. The van der Waals surface area contributed by atoms with Gasteiger partial charge in [0, 0.05) is 20.6 Å². The topological polar surface area (TPSA) is 86.2 Å². The lowest BCUT2D eigenvalue weighted by atomic mass is 9.97. The van der Waals surface area contributed by atoms with Gasteiger partial charge in [0.15, 0.2) is 0 Å². The van der Waals surface area contributed by atoms with Gasteiger partial charge in [0.25, 0.3) is 7.82 Å². The van der Waals surface area contributed by atoms with Crippen molar-refractivity contribution in [3.8, 4) is 0 Å². The summed E-state index contributed by atoms with van der Waals surface area (Å²) in [5.41, 5.74) is 4.41. The van der Waals surface area contributed by atoms with Crippen molar-refractivity contribution < 1.29 is 24.2 Å². The second-order valence-electron chi connectivity index (χ2n) is 5.85. The molecule has 0 unspecified atom stereocenters.